The van der Waals surface area contributed by atoms with E-state index in [1.807, 2.05) is 11.7 Å². The van der Waals surface area contributed by atoms with Crippen LogP contribution in [0.3, 0.4) is 0 Å². The number of carbonyl (C=O) groups is 1. The van der Waals surface area contributed by atoms with Gasteiger partial charge in [-0.05, 0) is 25.7 Å². The molecule has 0 unspecified atom stereocenters. The summed E-state index contributed by atoms with van der Waals surface area (Å²) >= 11 is 1.46. The molecule has 3 rings (SSSR count). The van der Waals surface area contributed by atoms with Crippen LogP contribution in [0, 0.1) is 0 Å². The molecule has 0 spiro atoms. The highest BCUT2D eigenvalue weighted by Gasteiger charge is 2.27. The van der Waals surface area contributed by atoms with Crippen LogP contribution in [0.5, 0.6) is 0 Å². The van der Waals surface area contributed by atoms with Crippen molar-refractivity contribution in [3.8, 4) is 0 Å². The summed E-state index contributed by atoms with van der Waals surface area (Å²) in [5.41, 5.74) is 3.31. The van der Waals surface area contributed by atoms with Gasteiger partial charge in [-0.25, -0.2) is 4.79 Å². The first-order chi connectivity index (χ1) is 11.1. The lowest BCUT2D eigenvalue weighted by molar-refractivity contribution is 0.251. The smallest absolute Gasteiger partial charge is 0.321 e. The van der Waals surface area contributed by atoms with Gasteiger partial charge in [0.15, 0.2) is 0 Å². The Hall–Kier alpha value is -1.96. The van der Waals surface area contributed by atoms with E-state index in [1.165, 1.54) is 24.2 Å². The third-order valence-corrected chi connectivity index (χ3v) is 5.04. The lowest BCUT2D eigenvalue weighted by Crippen LogP contribution is -2.28. The molecule has 1 fully saturated rings. The van der Waals surface area contributed by atoms with Gasteiger partial charge in [-0.3, -0.25) is 10.00 Å². The molecule has 0 aromatic carbocycles. The quantitative estimate of drug-likeness (QED) is 0.850. The zero-order valence-corrected chi connectivity index (χ0v) is 14.5. The van der Waals surface area contributed by atoms with Crippen molar-refractivity contribution in [2.45, 2.75) is 52.0 Å². The van der Waals surface area contributed by atoms with Crippen molar-refractivity contribution in [3.05, 3.63) is 22.0 Å². The number of hydrogen-bond donors (Lipinski definition) is 2. The summed E-state index contributed by atoms with van der Waals surface area (Å²) in [5, 5.41) is 19.9. The van der Waals surface area contributed by atoms with E-state index in [0.29, 0.717) is 17.6 Å². The number of nitrogens with zero attached hydrogens (tertiary/aromatic N) is 4. The van der Waals surface area contributed by atoms with E-state index in [0.717, 1.165) is 34.8 Å². The Bertz CT molecular complexity index is 703. The SMILES string of the molecule is CCc1nn(C)c(CC)c1CNC(=O)Nc1nnc(C2CC2)s1. The second-order valence-electron chi connectivity index (χ2n) is 5.73. The molecule has 2 N–H and O–H groups in total. The van der Waals surface area contributed by atoms with Crippen molar-refractivity contribution >= 4 is 22.5 Å². The zero-order chi connectivity index (χ0) is 16.4. The fourth-order valence-electron chi connectivity index (χ4n) is 2.68. The van der Waals surface area contributed by atoms with Crippen LogP contribution in [-0.2, 0) is 26.4 Å². The molecule has 2 amide bonds. The number of amides is 2. The first kappa shape index (κ1) is 15.9. The summed E-state index contributed by atoms with van der Waals surface area (Å²) < 4.78 is 1.90. The van der Waals surface area contributed by atoms with Gasteiger partial charge in [-0.1, -0.05) is 25.2 Å². The maximum Gasteiger partial charge on any atom is 0.321 e. The lowest BCUT2D eigenvalue weighted by Gasteiger charge is -2.07. The van der Waals surface area contributed by atoms with E-state index < -0.39 is 0 Å². The molecule has 2 heterocycles. The van der Waals surface area contributed by atoms with Crippen molar-refractivity contribution in [2.24, 2.45) is 7.05 Å². The van der Waals surface area contributed by atoms with Crippen molar-refractivity contribution in [1.29, 1.82) is 0 Å². The molecule has 0 radical (unpaired) electrons. The lowest BCUT2D eigenvalue weighted by atomic mass is 10.1. The highest BCUT2D eigenvalue weighted by molar-refractivity contribution is 7.15. The standard InChI is InChI=1S/C15H22N6OS/c1-4-11-10(12(5-2)21(3)20-11)8-16-14(22)17-15-19-18-13(23-15)9-6-7-9/h9H,4-8H2,1-3H3,(H2,16,17,19,22). The number of hydrogen-bond acceptors (Lipinski definition) is 5. The van der Waals surface area contributed by atoms with Crippen LogP contribution >= 0.6 is 11.3 Å². The summed E-state index contributed by atoms with van der Waals surface area (Å²) in [4.78, 5) is 12.1. The zero-order valence-electron chi connectivity index (χ0n) is 13.7. The Morgan fingerprint density at radius 3 is 2.74 bits per heavy atom. The molecule has 23 heavy (non-hydrogen) atoms. The summed E-state index contributed by atoms with van der Waals surface area (Å²) in [7, 11) is 1.95. The largest absolute Gasteiger partial charge is 0.334 e. The minimum absolute atomic E-state index is 0.253. The number of rotatable bonds is 6. The topological polar surface area (TPSA) is 84.7 Å². The Kier molecular flexibility index (Phi) is 4.61. The predicted octanol–water partition coefficient (Wildman–Crippen LogP) is 2.60. The van der Waals surface area contributed by atoms with E-state index in [9.17, 15) is 4.79 Å². The molecule has 2 aromatic rings. The Morgan fingerprint density at radius 2 is 2.09 bits per heavy atom. The highest BCUT2D eigenvalue weighted by atomic mass is 32.1. The second kappa shape index (κ2) is 6.66. The van der Waals surface area contributed by atoms with Crippen LogP contribution in [0.25, 0.3) is 0 Å². The summed E-state index contributed by atoms with van der Waals surface area (Å²) in [6, 6.07) is -0.253. The fourth-order valence-corrected chi connectivity index (χ4v) is 3.59. The second-order valence-corrected chi connectivity index (χ2v) is 6.74. The molecule has 0 bridgehead atoms. The van der Waals surface area contributed by atoms with Crippen LogP contribution in [-0.4, -0.2) is 26.0 Å². The Balaban J connectivity index is 1.60. The molecule has 7 nitrogen and oxygen atoms in total. The van der Waals surface area contributed by atoms with E-state index >= 15 is 0 Å². The van der Waals surface area contributed by atoms with Gasteiger partial charge in [-0.2, -0.15) is 5.10 Å². The maximum absolute atomic E-state index is 12.1. The van der Waals surface area contributed by atoms with Gasteiger partial charge in [0.1, 0.15) is 5.01 Å². The predicted molar refractivity (Wildman–Crippen MR) is 89.7 cm³/mol. The first-order valence-corrected chi connectivity index (χ1v) is 8.85. The molecule has 0 atom stereocenters. The average Bonchev–Trinajstić information content (AvgIpc) is 3.20. The monoisotopic (exact) mass is 334 g/mol. The van der Waals surface area contributed by atoms with Gasteiger partial charge >= 0.3 is 6.03 Å². The summed E-state index contributed by atoms with van der Waals surface area (Å²) in [6.07, 6.45) is 4.11. The molecule has 124 valence electrons. The molecular formula is C15H22N6OS. The number of aromatic nitrogens is 4. The minimum atomic E-state index is -0.253. The number of carbonyl (C=O) groups excluding carboxylic acids is 1. The molecule has 0 aliphatic heterocycles. The van der Waals surface area contributed by atoms with Crippen LogP contribution in [0.1, 0.15) is 54.6 Å². The molecular weight excluding hydrogens is 312 g/mol. The molecule has 1 aliphatic carbocycles. The molecule has 8 heteroatoms. The van der Waals surface area contributed by atoms with Crippen LogP contribution < -0.4 is 10.6 Å². The summed E-state index contributed by atoms with van der Waals surface area (Å²) in [6.45, 7) is 4.65. The van der Waals surface area contributed by atoms with Crippen LogP contribution in [0.4, 0.5) is 9.93 Å². The molecule has 0 saturated heterocycles. The van der Waals surface area contributed by atoms with Gasteiger partial charge in [0.25, 0.3) is 0 Å². The van der Waals surface area contributed by atoms with Crippen LogP contribution in [0.15, 0.2) is 0 Å². The van der Waals surface area contributed by atoms with Crippen molar-refractivity contribution in [3.63, 3.8) is 0 Å². The van der Waals surface area contributed by atoms with Gasteiger partial charge in [0.05, 0.1) is 5.69 Å². The van der Waals surface area contributed by atoms with Gasteiger partial charge in [-0.15, -0.1) is 10.2 Å². The Morgan fingerprint density at radius 1 is 1.30 bits per heavy atom. The fraction of sp³-hybridized carbons (Fsp3) is 0.600. The molecule has 1 saturated carbocycles. The van der Waals surface area contributed by atoms with E-state index in [2.05, 4.69) is 39.8 Å². The van der Waals surface area contributed by atoms with Gasteiger partial charge in [0.2, 0.25) is 5.13 Å². The average molecular weight is 334 g/mol. The van der Waals surface area contributed by atoms with E-state index in [4.69, 9.17) is 0 Å². The number of aryl methyl sites for hydroxylation is 2. The van der Waals surface area contributed by atoms with Crippen molar-refractivity contribution < 1.29 is 4.79 Å². The summed E-state index contributed by atoms with van der Waals surface area (Å²) in [5.74, 6) is 0.556. The van der Waals surface area contributed by atoms with Crippen molar-refractivity contribution in [2.75, 3.05) is 5.32 Å². The number of anilines is 1. The number of nitrogens with one attached hydrogen (secondary N) is 2. The Labute approximate surface area is 139 Å². The maximum atomic E-state index is 12.1. The highest BCUT2D eigenvalue weighted by Crippen LogP contribution is 2.41. The molecule has 2 aromatic heterocycles. The van der Waals surface area contributed by atoms with E-state index in [1.54, 1.807) is 0 Å². The normalized spacial score (nSPS) is 14.0. The van der Waals surface area contributed by atoms with Crippen LogP contribution in [0.2, 0.25) is 0 Å². The van der Waals surface area contributed by atoms with E-state index in [-0.39, 0.29) is 6.03 Å². The minimum Gasteiger partial charge on any atom is -0.334 e. The number of urea groups is 1. The third-order valence-electron chi connectivity index (χ3n) is 4.04. The van der Waals surface area contributed by atoms with Gasteiger partial charge in [0, 0.05) is 30.8 Å². The van der Waals surface area contributed by atoms with Crippen molar-refractivity contribution in [1.82, 2.24) is 25.3 Å². The third kappa shape index (κ3) is 3.52. The molecule has 1 aliphatic rings. The first-order valence-electron chi connectivity index (χ1n) is 8.04. The van der Waals surface area contributed by atoms with Gasteiger partial charge < -0.3 is 5.32 Å².